The summed E-state index contributed by atoms with van der Waals surface area (Å²) >= 11 is 12.1. The topological polar surface area (TPSA) is 47.1 Å². The molecule has 0 amide bonds. The Labute approximate surface area is 169 Å². The van der Waals surface area contributed by atoms with Gasteiger partial charge in [-0.2, -0.15) is 0 Å². The van der Waals surface area contributed by atoms with E-state index in [1.165, 1.54) is 0 Å². The van der Waals surface area contributed by atoms with Gasteiger partial charge in [0, 0.05) is 25.2 Å². The Hall–Kier alpha value is -1.96. The van der Waals surface area contributed by atoms with Crippen molar-refractivity contribution in [1.82, 2.24) is 9.55 Å². The Bertz CT molecular complexity index is 1040. The second kappa shape index (κ2) is 7.46. The summed E-state index contributed by atoms with van der Waals surface area (Å²) in [5.41, 5.74) is 7.43. The first-order chi connectivity index (χ1) is 13.3. The van der Waals surface area contributed by atoms with Gasteiger partial charge >= 0.3 is 0 Å². The fraction of sp³-hybridized carbons (Fsp3) is 0.316. The maximum absolute atomic E-state index is 13.9. The van der Waals surface area contributed by atoms with E-state index in [1.807, 2.05) is 4.90 Å². The second-order valence-electron chi connectivity index (χ2n) is 6.92. The van der Waals surface area contributed by atoms with Gasteiger partial charge in [-0.3, -0.25) is 0 Å². The van der Waals surface area contributed by atoms with E-state index in [1.54, 1.807) is 22.8 Å². The van der Waals surface area contributed by atoms with Crippen molar-refractivity contribution in [3.8, 4) is 0 Å². The molecule has 0 bridgehead atoms. The predicted molar refractivity (Wildman–Crippen MR) is 105 cm³/mol. The third kappa shape index (κ3) is 3.54. The van der Waals surface area contributed by atoms with Gasteiger partial charge in [0.05, 0.1) is 33.7 Å². The zero-order valence-corrected chi connectivity index (χ0v) is 16.2. The summed E-state index contributed by atoms with van der Waals surface area (Å²) < 4.78 is 43.2. The van der Waals surface area contributed by atoms with Crippen molar-refractivity contribution in [3.05, 3.63) is 57.6 Å². The monoisotopic (exact) mass is 428 g/mol. The third-order valence-corrected chi connectivity index (χ3v) is 5.69. The number of imidazole rings is 1. The van der Waals surface area contributed by atoms with Gasteiger partial charge in [0.2, 0.25) is 5.95 Å². The highest BCUT2D eigenvalue weighted by atomic mass is 35.5. The molecule has 2 unspecified atom stereocenters. The number of hydrogen-bond acceptors (Lipinski definition) is 3. The fourth-order valence-electron chi connectivity index (χ4n) is 3.46. The van der Waals surface area contributed by atoms with Gasteiger partial charge in [-0.1, -0.05) is 29.3 Å². The lowest BCUT2D eigenvalue weighted by Crippen LogP contribution is -2.50. The Morgan fingerprint density at radius 3 is 2.57 bits per heavy atom. The number of aromatic nitrogens is 2. The van der Waals surface area contributed by atoms with Gasteiger partial charge in [0.15, 0.2) is 11.6 Å². The first-order valence-corrected chi connectivity index (χ1v) is 9.53. The van der Waals surface area contributed by atoms with Crippen LogP contribution in [0.15, 0.2) is 30.3 Å². The zero-order chi connectivity index (χ0) is 20.0. The molecule has 2 N–H and O–H groups in total. The van der Waals surface area contributed by atoms with Crippen LogP contribution in [0.2, 0.25) is 10.0 Å². The molecule has 2 aromatic carbocycles. The number of nitrogens with two attached hydrogens (primary N) is 1. The summed E-state index contributed by atoms with van der Waals surface area (Å²) in [6.07, 6.45) is -0.820. The third-order valence-electron chi connectivity index (χ3n) is 4.95. The predicted octanol–water partition coefficient (Wildman–Crippen LogP) is 4.55. The molecule has 1 aliphatic heterocycles. The molecule has 2 heterocycles. The number of fused-ring (bicyclic) bond motifs is 1. The molecule has 4 rings (SSSR count). The van der Waals surface area contributed by atoms with Crippen LogP contribution in [0, 0.1) is 11.6 Å². The van der Waals surface area contributed by atoms with Crippen LogP contribution in [0.5, 0.6) is 0 Å². The number of alkyl halides is 1. The summed E-state index contributed by atoms with van der Waals surface area (Å²) in [7, 11) is 0. The number of halogens is 5. The van der Waals surface area contributed by atoms with Gasteiger partial charge < -0.3 is 15.2 Å². The Balaban J connectivity index is 1.81. The minimum atomic E-state index is -1.08. The average molecular weight is 429 g/mol. The van der Waals surface area contributed by atoms with Crippen LogP contribution >= 0.6 is 23.2 Å². The minimum absolute atomic E-state index is 0.261. The molecule has 1 aromatic heterocycles. The van der Waals surface area contributed by atoms with Crippen LogP contribution in [0.25, 0.3) is 11.0 Å². The zero-order valence-electron chi connectivity index (χ0n) is 14.7. The molecule has 4 nitrogen and oxygen atoms in total. The van der Waals surface area contributed by atoms with Crippen molar-refractivity contribution in [2.24, 2.45) is 5.73 Å². The van der Waals surface area contributed by atoms with E-state index in [0.29, 0.717) is 40.1 Å². The van der Waals surface area contributed by atoms with E-state index in [-0.39, 0.29) is 13.0 Å². The van der Waals surface area contributed by atoms with Crippen LogP contribution in [0.1, 0.15) is 12.0 Å². The summed E-state index contributed by atoms with van der Waals surface area (Å²) in [6, 6.07) is 6.69. The Morgan fingerprint density at radius 2 is 1.86 bits per heavy atom. The first-order valence-electron chi connectivity index (χ1n) is 8.77. The summed E-state index contributed by atoms with van der Waals surface area (Å²) in [4.78, 5) is 6.32. The van der Waals surface area contributed by atoms with Gasteiger partial charge in [0.25, 0.3) is 0 Å². The lowest BCUT2D eigenvalue weighted by molar-refractivity contribution is 0.243. The minimum Gasteiger partial charge on any atom is -0.340 e. The lowest BCUT2D eigenvalue weighted by atomic mass is 10.1. The van der Waals surface area contributed by atoms with Crippen LogP contribution in [0.3, 0.4) is 0 Å². The highest BCUT2D eigenvalue weighted by Crippen LogP contribution is 2.30. The molecular weight excluding hydrogens is 412 g/mol. The molecule has 1 saturated heterocycles. The molecule has 0 aliphatic carbocycles. The van der Waals surface area contributed by atoms with Crippen LogP contribution in [0.4, 0.5) is 19.1 Å². The number of piperidine rings is 1. The number of nitrogens with zero attached hydrogens (tertiary/aromatic N) is 3. The quantitative estimate of drug-likeness (QED) is 0.665. The molecule has 148 valence electrons. The highest BCUT2D eigenvalue weighted by molar-refractivity contribution is 6.42. The maximum Gasteiger partial charge on any atom is 0.206 e. The van der Waals surface area contributed by atoms with Crippen LogP contribution in [-0.4, -0.2) is 34.9 Å². The second-order valence-corrected chi connectivity index (χ2v) is 7.73. The van der Waals surface area contributed by atoms with E-state index in [4.69, 9.17) is 28.9 Å². The smallest absolute Gasteiger partial charge is 0.206 e. The molecular formula is C19H17Cl2F3N4. The van der Waals surface area contributed by atoms with Gasteiger partial charge in [-0.15, -0.1) is 0 Å². The molecule has 9 heteroatoms. The van der Waals surface area contributed by atoms with Crippen molar-refractivity contribution >= 4 is 40.2 Å². The summed E-state index contributed by atoms with van der Waals surface area (Å²) in [6.45, 7) is 0.972. The van der Waals surface area contributed by atoms with Crippen LogP contribution < -0.4 is 10.6 Å². The Kier molecular flexibility index (Phi) is 5.16. The number of benzene rings is 2. The number of rotatable bonds is 3. The van der Waals surface area contributed by atoms with Gasteiger partial charge in [-0.25, -0.2) is 18.2 Å². The van der Waals surface area contributed by atoms with Crippen molar-refractivity contribution in [1.29, 1.82) is 0 Å². The molecule has 0 saturated carbocycles. The Morgan fingerprint density at radius 1 is 1.11 bits per heavy atom. The number of hydrogen-bond donors (Lipinski definition) is 1. The lowest BCUT2D eigenvalue weighted by Gasteiger charge is -2.34. The molecule has 3 aromatic rings. The summed E-state index contributed by atoms with van der Waals surface area (Å²) in [5.74, 6) is -1.46. The standard InChI is InChI=1S/C19H17Cl2F3N4/c20-11-2-1-10(5-12(11)21)8-28-18-7-15(24)14(23)6-17(18)26-19(28)27-4-3-13(22)16(25)9-27/h1-2,5-7,13,16H,3-4,8-9,25H2. The fourth-order valence-corrected chi connectivity index (χ4v) is 3.78. The molecule has 2 atom stereocenters. The number of anilines is 1. The molecule has 1 aliphatic rings. The first kappa shape index (κ1) is 19.4. The molecule has 0 spiro atoms. The highest BCUT2D eigenvalue weighted by Gasteiger charge is 2.29. The molecule has 28 heavy (non-hydrogen) atoms. The largest absolute Gasteiger partial charge is 0.340 e. The van der Waals surface area contributed by atoms with E-state index >= 15 is 0 Å². The van der Waals surface area contributed by atoms with Crippen LogP contribution in [-0.2, 0) is 6.54 Å². The maximum atomic E-state index is 13.9. The normalized spacial score (nSPS) is 20.1. The van der Waals surface area contributed by atoms with Crippen molar-refractivity contribution in [2.75, 3.05) is 18.0 Å². The molecule has 0 radical (unpaired) electrons. The van der Waals surface area contributed by atoms with Crippen molar-refractivity contribution < 1.29 is 13.2 Å². The van der Waals surface area contributed by atoms with E-state index in [2.05, 4.69) is 4.98 Å². The van der Waals surface area contributed by atoms with Crippen molar-refractivity contribution in [2.45, 2.75) is 25.2 Å². The van der Waals surface area contributed by atoms with E-state index in [0.717, 1.165) is 17.7 Å². The van der Waals surface area contributed by atoms with E-state index in [9.17, 15) is 13.2 Å². The SMILES string of the molecule is NC1CN(c2nc3cc(F)c(F)cc3n2Cc2ccc(Cl)c(Cl)c2)CCC1F. The van der Waals surface area contributed by atoms with Gasteiger partial charge in [0.1, 0.15) is 6.17 Å². The average Bonchev–Trinajstić information content (AvgIpc) is 2.98. The van der Waals surface area contributed by atoms with Crippen molar-refractivity contribution in [3.63, 3.8) is 0 Å². The van der Waals surface area contributed by atoms with Gasteiger partial charge in [-0.05, 0) is 24.1 Å². The molecule has 1 fully saturated rings. The van der Waals surface area contributed by atoms with E-state index < -0.39 is 23.8 Å². The summed E-state index contributed by atoms with van der Waals surface area (Å²) in [5, 5.41) is 0.813.